The number of halogens is 1. The van der Waals surface area contributed by atoms with Crippen molar-refractivity contribution in [3.8, 4) is 0 Å². The second-order valence-corrected chi connectivity index (χ2v) is 8.35. The van der Waals surface area contributed by atoms with Gasteiger partial charge in [-0.3, -0.25) is 9.59 Å². The highest BCUT2D eigenvalue weighted by Crippen LogP contribution is 2.18. The van der Waals surface area contributed by atoms with Gasteiger partial charge in [0.25, 0.3) is 0 Å². The lowest BCUT2D eigenvalue weighted by atomic mass is 10.0. The Morgan fingerprint density at radius 2 is 1.83 bits per heavy atom. The second kappa shape index (κ2) is 10.9. The van der Waals surface area contributed by atoms with Crippen LogP contribution in [0.5, 0.6) is 0 Å². The minimum atomic E-state index is -3.77. The van der Waals surface area contributed by atoms with Crippen molar-refractivity contribution in [1.82, 2.24) is 10.0 Å². The van der Waals surface area contributed by atoms with Crippen molar-refractivity contribution >= 4 is 33.5 Å². The van der Waals surface area contributed by atoms with E-state index in [-0.39, 0.29) is 30.9 Å². The summed E-state index contributed by atoms with van der Waals surface area (Å²) in [4.78, 5) is 24.2. The number of ether oxygens (including phenoxy) is 1. The van der Waals surface area contributed by atoms with Gasteiger partial charge in [-0.1, -0.05) is 48.0 Å². The molecule has 1 amide bonds. The summed E-state index contributed by atoms with van der Waals surface area (Å²) in [5, 5.41) is 3.06. The molecule has 1 atom stereocenters. The third-order valence-corrected chi connectivity index (χ3v) is 5.66. The van der Waals surface area contributed by atoms with E-state index in [1.807, 2.05) is 6.07 Å². The quantitative estimate of drug-likeness (QED) is 0.555. The molecule has 2 rings (SSSR count). The molecule has 7 nitrogen and oxygen atoms in total. The number of hydrogen-bond donors (Lipinski definition) is 2. The van der Waals surface area contributed by atoms with Crippen LogP contribution in [0, 0.1) is 0 Å². The van der Waals surface area contributed by atoms with E-state index in [1.54, 1.807) is 37.3 Å². The predicted octanol–water partition coefficient (Wildman–Crippen LogP) is 2.82. The van der Waals surface area contributed by atoms with Crippen LogP contribution in [-0.2, 0) is 24.3 Å². The Morgan fingerprint density at radius 1 is 1.10 bits per heavy atom. The third kappa shape index (κ3) is 7.49. The number of carbonyl (C=O) groups is 2. The summed E-state index contributed by atoms with van der Waals surface area (Å²) in [5.41, 5.74) is 0.758. The number of benzene rings is 2. The SMILES string of the molecule is CCOC(=O)CC(NC(=O)CCNS(=O)(=O)c1cccc(Cl)c1)c1ccccc1. The number of amides is 1. The molecule has 2 aromatic carbocycles. The molecule has 29 heavy (non-hydrogen) atoms. The number of hydrogen-bond acceptors (Lipinski definition) is 5. The van der Waals surface area contributed by atoms with Crippen molar-refractivity contribution in [2.45, 2.75) is 30.7 Å². The maximum atomic E-state index is 12.3. The van der Waals surface area contributed by atoms with Crippen LogP contribution in [0.15, 0.2) is 59.5 Å². The van der Waals surface area contributed by atoms with E-state index in [4.69, 9.17) is 16.3 Å². The molecule has 0 heterocycles. The fraction of sp³-hybridized carbons (Fsp3) is 0.300. The minimum absolute atomic E-state index is 0.0160. The fourth-order valence-corrected chi connectivity index (χ4v) is 3.94. The second-order valence-electron chi connectivity index (χ2n) is 6.15. The molecular formula is C20H23ClN2O5S. The summed E-state index contributed by atoms with van der Waals surface area (Å²) >= 11 is 5.82. The average molecular weight is 439 g/mol. The first-order valence-corrected chi connectivity index (χ1v) is 10.9. The molecule has 0 fully saturated rings. The standard InChI is InChI=1S/C20H23ClN2O5S/c1-2-28-20(25)14-18(15-7-4-3-5-8-15)23-19(24)11-12-22-29(26,27)17-10-6-9-16(21)13-17/h3-10,13,18,22H,2,11-12,14H2,1H3,(H,23,24). The van der Waals surface area contributed by atoms with E-state index < -0.39 is 27.9 Å². The molecule has 0 bridgehead atoms. The van der Waals surface area contributed by atoms with Crippen molar-refractivity contribution in [2.75, 3.05) is 13.2 Å². The smallest absolute Gasteiger partial charge is 0.308 e. The van der Waals surface area contributed by atoms with Crippen molar-refractivity contribution in [1.29, 1.82) is 0 Å². The Balaban J connectivity index is 1.95. The van der Waals surface area contributed by atoms with Crippen molar-refractivity contribution in [3.63, 3.8) is 0 Å². The monoisotopic (exact) mass is 438 g/mol. The Kier molecular flexibility index (Phi) is 8.63. The summed E-state index contributed by atoms with van der Waals surface area (Å²) in [7, 11) is -3.77. The largest absolute Gasteiger partial charge is 0.466 e. The van der Waals surface area contributed by atoms with Gasteiger partial charge < -0.3 is 10.1 Å². The molecule has 0 radical (unpaired) electrons. The Labute approximate surface area is 175 Å². The third-order valence-electron chi connectivity index (χ3n) is 3.96. The van der Waals surface area contributed by atoms with Crippen LogP contribution in [0.25, 0.3) is 0 Å². The first-order chi connectivity index (χ1) is 13.8. The molecule has 0 aliphatic carbocycles. The Morgan fingerprint density at radius 3 is 2.48 bits per heavy atom. The van der Waals surface area contributed by atoms with Gasteiger partial charge in [-0.2, -0.15) is 0 Å². The van der Waals surface area contributed by atoms with Gasteiger partial charge in [0, 0.05) is 18.0 Å². The van der Waals surface area contributed by atoms with Gasteiger partial charge >= 0.3 is 5.97 Å². The van der Waals surface area contributed by atoms with Crippen molar-refractivity contribution in [2.24, 2.45) is 0 Å². The molecule has 156 valence electrons. The summed E-state index contributed by atoms with van der Waals surface area (Å²) < 4.78 is 31.9. The van der Waals surface area contributed by atoms with Gasteiger partial charge in [-0.25, -0.2) is 13.1 Å². The summed E-state index contributed by atoms with van der Waals surface area (Å²) in [6.45, 7) is 1.86. The maximum absolute atomic E-state index is 12.3. The van der Waals surface area contributed by atoms with Crippen LogP contribution < -0.4 is 10.0 Å². The van der Waals surface area contributed by atoms with Crippen LogP contribution in [0.1, 0.15) is 31.4 Å². The fourth-order valence-electron chi connectivity index (χ4n) is 2.61. The number of carbonyl (C=O) groups excluding carboxylic acids is 2. The number of nitrogens with one attached hydrogen (secondary N) is 2. The molecule has 2 N–H and O–H groups in total. The van der Waals surface area contributed by atoms with E-state index in [0.717, 1.165) is 5.56 Å². The zero-order chi connectivity index (χ0) is 21.3. The molecule has 0 spiro atoms. The summed E-state index contributed by atoms with van der Waals surface area (Å²) in [5.74, 6) is -0.819. The topological polar surface area (TPSA) is 102 Å². The highest BCUT2D eigenvalue weighted by molar-refractivity contribution is 7.89. The highest BCUT2D eigenvalue weighted by Gasteiger charge is 2.20. The highest BCUT2D eigenvalue weighted by atomic mass is 35.5. The molecule has 0 saturated carbocycles. The molecule has 0 aliphatic heterocycles. The average Bonchev–Trinajstić information content (AvgIpc) is 2.68. The van der Waals surface area contributed by atoms with Crippen LogP contribution >= 0.6 is 11.6 Å². The lowest BCUT2D eigenvalue weighted by molar-refractivity contribution is -0.143. The van der Waals surface area contributed by atoms with E-state index in [9.17, 15) is 18.0 Å². The number of rotatable bonds is 10. The van der Waals surface area contributed by atoms with Crippen LogP contribution in [0.2, 0.25) is 5.02 Å². The van der Waals surface area contributed by atoms with Crippen LogP contribution in [-0.4, -0.2) is 33.4 Å². The van der Waals surface area contributed by atoms with E-state index in [1.165, 1.54) is 18.2 Å². The number of sulfonamides is 1. The molecular weight excluding hydrogens is 416 g/mol. The van der Waals surface area contributed by atoms with E-state index in [2.05, 4.69) is 10.0 Å². The van der Waals surface area contributed by atoms with E-state index >= 15 is 0 Å². The molecule has 9 heteroatoms. The molecule has 0 aromatic heterocycles. The van der Waals surface area contributed by atoms with Crippen molar-refractivity contribution in [3.05, 3.63) is 65.2 Å². The Bertz CT molecular complexity index is 935. The molecule has 0 aliphatic rings. The van der Waals surface area contributed by atoms with E-state index in [0.29, 0.717) is 5.02 Å². The van der Waals surface area contributed by atoms with Gasteiger partial charge in [0.2, 0.25) is 15.9 Å². The number of esters is 1. The van der Waals surface area contributed by atoms with Crippen LogP contribution in [0.4, 0.5) is 0 Å². The zero-order valence-electron chi connectivity index (χ0n) is 15.9. The van der Waals surface area contributed by atoms with Crippen molar-refractivity contribution < 1.29 is 22.7 Å². The molecule has 0 saturated heterocycles. The van der Waals surface area contributed by atoms with Gasteiger partial charge in [0.1, 0.15) is 0 Å². The zero-order valence-corrected chi connectivity index (χ0v) is 17.5. The van der Waals surface area contributed by atoms with Gasteiger partial charge in [0.15, 0.2) is 0 Å². The molecule has 2 aromatic rings. The van der Waals surface area contributed by atoms with Crippen LogP contribution in [0.3, 0.4) is 0 Å². The normalized spacial score (nSPS) is 12.2. The minimum Gasteiger partial charge on any atom is -0.466 e. The summed E-state index contributed by atoms with van der Waals surface area (Å²) in [6, 6.07) is 14.3. The summed E-state index contributed by atoms with van der Waals surface area (Å²) in [6.07, 6.45) is -0.107. The van der Waals surface area contributed by atoms with Gasteiger partial charge in [0.05, 0.1) is 24.0 Å². The first-order valence-electron chi connectivity index (χ1n) is 9.07. The maximum Gasteiger partial charge on any atom is 0.308 e. The molecule has 1 unspecified atom stereocenters. The van der Waals surface area contributed by atoms with Gasteiger partial charge in [-0.05, 0) is 30.7 Å². The first kappa shape index (κ1) is 22.9. The van der Waals surface area contributed by atoms with Gasteiger partial charge in [-0.15, -0.1) is 0 Å². The lowest BCUT2D eigenvalue weighted by Crippen LogP contribution is -2.34. The lowest BCUT2D eigenvalue weighted by Gasteiger charge is -2.18. The predicted molar refractivity (Wildman–Crippen MR) is 110 cm³/mol. The Hall–Kier alpha value is -2.42.